The monoisotopic (exact) mass is 425 g/mol. The van der Waals surface area contributed by atoms with Gasteiger partial charge in [0, 0.05) is 24.5 Å². The molecule has 0 fully saturated rings. The summed E-state index contributed by atoms with van der Waals surface area (Å²) < 4.78 is 0. The van der Waals surface area contributed by atoms with Crippen molar-refractivity contribution >= 4 is 35.5 Å². The van der Waals surface area contributed by atoms with Crippen molar-refractivity contribution in [1.82, 2.24) is 10.6 Å². The summed E-state index contributed by atoms with van der Waals surface area (Å²) in [7, 11) is 0. The molecular weight excluding hydrogens is 398 g/mol. The minimum atomic E-state index is -1.20. The molecule has 9 nitrogen and oxygen atoms in total. The molecule has 0 aliphatic carbocycles. The van der Waals surface area contributed by atoms with Crippen LogP contribution in [0.3, 0.4) is 0 Å². The Kier molecular flexibility index (Phi) is 10.8. The highest BCUT2D eigenvalue weighted by Crippen LogP contribution is 2.14. The summed E-state index contributed by atoms with van der Waals surface area (Å²) in [5.41, 5.74) is 7.60. The summed E-state index contributed by atoms with van der Waals surface area (Å²) >= 11 is 1.45. The molecule has 1 rings (SSSR count). The topological polar surface area (TPSA) is 159 Å². The number of carboxylic acids is 2. The minimum absolute atomic E-state index is 0.0486. The smallest absolute Gasteiger partial charge is 0.320 e. The summed E-state index contributed by atoms with van der Waals surface area (Å²) in [5, 5.41) is 22.5. The second kappa shape index (κ2) is 12.8. The average Bonchev–Trinajstić information content (AvgIpc) is 2.66. The first-order valence-corrected chi connectivity index (χ1v) is 10.2. The summed E-state index contributed by atoms with van der Waals surface area (Å²) in [6.07, 6.45) is -0.406. The summed E-state index contributed by atoms with van der Waals surface area (Å²) in [6, 6.07) is 5.91. The number of carbonyl (C=O) groups excluding carboxylic acids is 2. The molecule has 2 amide bonds. The number of nitrogens with one attached hydrogen (secondary N) is 2. The van der Waals surface area contributed by atoms with Gasteiger partial charge < -0.3 is 26.6 Å². The van der Waals surface area contributed by atoms with Crippen molar-refractivity contribution in [2.24, 2.45) is 5.73 Å². The Bertz CT molecular complexity index is 710. The van der Waals surface area contributed by atoms with Crippen molar-refractivity contribution in [1.29, 1.82) is 0 Å². The standard InChI is InChI=1S/C19H27N3O6S/c1-12-2-4-13(5-3-12)10-29-11-15(18(26)21-9-8-17(24)25)22-16(23)7-6-14(20)19(27)28/h2-5,14-15H,6-11,20H2,1H3,(H,21,26)(H,22,23)(H,24,25)(H,27,28)/t14-,15-/m0/s1. The second-order valence-electron chi connectivity index (χ2n) is 6.54. The van der Waals surface area contributed by atoms with Gasteiger partial charge in [-0.25, -0.2) is 0 Å². The first kappa shape index (κ1) is 24.4. The molecule has 10 heteroatoms. The van der Waals surface area contributed by atoms with E-state index in [0.29, 0.717) is 5.75 Å². The number of hydrogen-bond acceptors (Lipinski definition) is 6. The Balaban J connectivity index is 2.60. The van der Waals surface area contributed by atoms with E-state index in [1.165, 1.54) is 11.8 Å². The third-order valence-electron chi connectivity index (χ3n) is 3.96. The number of nitrogens with two attached hydrogens (primary N) is 1. The normalized spacial score (nSPS) is 12.6. The number of carboxylic acid groups (broad SMARTS) is 2. The zero-order valence-electron chi connectivity index (χ0n) is 16.2. The van der Waals surface area contributed by atoms with Crippen molar-refractivity contribution in [2.45, 2.75) is 44.0 Å². The van der Waals surface area contributed by atoms with Crippen LogP contribution in [0.2, 0.25) is 0 Å². The molecule has 0 aliphatic heterocycles. The van der Waals surface area contributed by atoms with Gasteiger partial charge in [-0.2, -0.15) is 11.8 Å². The lowest BCUT2D eigenvalue weighted by molar-refractivity contribution is -0.139. The van der Waals surface area contributed by atoms with Crippen LogP contribution < -0.4 is 16.4 Å². The van der Waals surface area contributed by atoms with E-state index in [9.17, 15) is 19.2 Å². The number of aliphatic carboxylic acids is 2. The van der Waals surface area contributed by atoms with E-state index in [2.05, 4.69) is 10.6 Å². The van der Waals surface area contributed by atoms with E-state index in [-0.39, 0.29) is 31.6 Å². The molecule has 0 aromatic heterocycles. The van der Waals surface area contributed by atoms with Crippen LogP contribution in [0.1, 0.15) is 30.4 Å². The predicted molar refractivity (Wildman–Crippen MR) is 109 cm³/mol. The lowest BCUT2D eigenvalue weighted by Crippen LogP contribution is -2.49. The van der Waals surface area contributed by atoms with Crippen LogP contribution in [0, 0.1) is 6.92 Å². The third kappa shape index (κ3) is 10.5. The molecule has 0 radical (unpaired) electrons. The van der Waals surface area contributed by atoms with Crippen LogP contribution in [-0.2, 0) is 24.9 Å². The number of thioether (sulfide) groups is 1. The van der Waals surface area contributed by atoms with Gasteiger partial charge in [-0.15, -0.1) is 0 Å². The van der Waals surface area contributed by atoms with E-state index >= 15 is 0 Å². The maximum absolute atomic E-state index is 12.3. The third-order valence-corrected chi connectivity index (χ3v) is 5.07. The van der Waals surface area contributed by atoms with Gasteiger partial charge in [-0.3, -0.25) is 19.2 Å². The second-order valence-corrected chi connectivity index (χ2v) is 7.57. The molecule has 0 saturated heterocycles. The Morgan fingerprint density at radius 3 is 2.34 bits per heavy atom. The van der Waals surface area contributed by atoms with Crippen molar-refractivity contribution in [2.75, 3.05) is 12.3 Å². The maximum Gasteiger partial charge on any atom is 0.320 e. The molecule has 160 valence electrons. The first-order valence-electron chi connectivity index (χ1n) is 9.09. The SMILES string of the molecule is Cc1ccc(CSC[C@H](NC(=O)CC[C@H](N)C(=O)O)C(=O)NCCC(=O)O)cc1. The molecule has 1 aromatic carbocycles. The quantitative estimate of drug-likeness (QED) is 0.305. The number of aryl methyl sites for hydroxylation is 1. The number of rotatable bonds is 13. The van der Waals surface area contributed by atoms with Gasteiger partial charge in [0.05, 0.1) is 6.42 Å². The lowest BCUT2D eigenvalue weighted by Gasteiger charge is -2.18. The molecule has 0 bridgehead atoms. The highest BCUT2D eigenvalue weighted by molar-refractivity contribution is 7.98. The van der Waals surface area contributed by atoms with E-state index in [1.807, 2.05) is 31.2 Å². The molecule has 0 saturated carbocycles. The van der Waals surface area contributed by atoms with E-state index < -0.39 is 35.8 Å². The number of hydrogen-bond donors (Lipinski definition) is 5. The minimum Gasteiger partial charge on any atom is -0.481 e. The molecule has 0 heterocycles. The maximum atomic E-state index is 12.3. The molecule has 0 aliphatic rings. The predicted octanol–water partition coefficient (Wildman–Crippen LogP) is 0.496. The van der Waals surface area contributed by atoms with E-state index in [1.54, 1.807) is 0 Å². The fraction of sp³-hybridized carbons (Fsp3) is 0.474. The van der Waals surface area contributed by atoms with Crippen molar-refractivity contribution in [3.63, 3.8) is 0 Å². The molecule has 29 heavy (non-hydrogen) atoms. The highest BCUT2D eigenvalue weighted by Gasteiger charge is 2.22. The fourth-order valence-corrected chi connectivity index (χ4v) is 3.27. The Morgan fingerprint density at radius 2 is 1.76 bits per heavy atom. The molecule has 6 N–H and O–H groups in total. The van der Waals surface area contributed by atoms with Crippen molar-refractivity contribution < 1.29 is 29.4 Å². The Labute approximate surface area is 173 Å². The van der Waals surface area contributed by atoms with Crippen molar-refractivity contribution in [3.05, 3.63) is 35.4 Å². The van der Waals surface area contributed by atoms with Crippen LogP contribution in [0.15, 0.2) is 24.3 Å². The van der Waals surface area contributed by atoms with Crippen LogP contribution in [0.5, 0.6) is 0 Å². The number of amides is 2. The summed E-state index contributed by atoms with van der Waals surface area (Å²) in [4.78, 5) is 45.8. The lowest BCUT2D eigenvalue weighted by atomic mass is 10.1. The molecule has 0 unspecified atom stereocenters. The average molecular weight is 426 g/mol. The molecular formula is C19H27N3O6S. The van der Waals surface area contributed by atoms with Gasteiger partial charge >= 0.3 is 11.9 Å². The zero-order chi connectivity index (χ0) is 21.8. The van der Waals surface area contributed by atoms with Crippen LogP contribution in [-0.4, -0.2) is 58.3 Å². The van der Waals surface area contributed by atoms with E-state index in [0.717, 1.165) is 11.1 Å². The highest BCUT2D eigenvalue weighted by atomic mass is 32.2. The number of benzene rings is 1. The van der Waals surface area contributed by atoms with Gasteiger partial charge in [0.2, 0.25) is 11.8 Å². The van der Waals surface area contributed by atoms with Gasteiger partial charge in [-0.05, 0) is 18.9 Å². The largest absolute Gasteiger partial charge is 0.481 e. The fourth-order valence-electron chi connectivity index (χ4n) is 2.25. The van der Waals surface area contributed by atoms with Gasteiger partial charge in [-0.1, -0.05) is 29.8 Å². The summed E-state index contributed by atoms with van der Waals surface area (Å²) in [5.74, 6) is -2.30. The first-order chi connectivity index (χ1) is 13.7. The van der Waals surface area contributed by atoms with Gasteiger partial charge in [0.1, 0.15) is 12.1 Å². The van der Waals surface area contributed by atoms with Crippen LogP contribution >= 0.6 is 11.8 Å². The van der Waals surface area contributed by atoms with E-state index in [4.69, 9.17) is 15.9 Å². The van der Waals surface area contributed by atoms with Crippen LogP contribution in [0.4, 0.5) is 0 Å². The Hall–Kier alpha value is -2.59. The molecule has 0 spiro atoms. The Morgan fingerprint density at radius 1 is 1.10 bits per heavy atom. The summed E-state index contributed by atoms with van der Waals surface area (Å²) in [6.45, 7) is 1.94. The molecule has 2 atom stereocenters. The molecule has 1 aromatic rings. The number of carbonyl (C=O) groups is 4. The van der Waals surface area contributed by atoms with Gasteiger partial charge in [0.15, 0.2) is 0 Å². The van der Waals surface area contributed by atoms with Crippen LogP contribution in [0.25, 0.3) is 0 Å². The zero-order valence-corrected chi connectivity index (χ0v) is 17.0. The van der Waals surface area contributed by atoms with Crippen molar-refractivity contribution in [3.8, 4) is 0 Å². The van der Waals surface area contributed by atoms with Gasteiger partial charge in [0.25, 0.3) is 0 Å².